The van der Waals surface area contributed by atoms with Crippen molar-refractivity contribution < 1.29 is 28.6 Å². The highest BCUT2D eigenvalue weighted by atomic mass is 16.6. The fourth-order valence-electron chi connectivity index (χ4n) is 7.41. The zero-order chi connectivity index (χ0) is 46.5. The van der Waals surface area contributed by atoms with Gasteiger partial charge in [0.25, 0.3) is 0 Å². The number of ether oxygens (including phenoxy) is 3. The summed E-state index contributed by atoms with van der Waals surface area (Å²) in [4.78, 5) is 38.0. The standard InChI is InChI=1S/C58H100O6/c1-4-7-10-13-16-19-22-25-27-29-31-33-36-39-42-45-48-51-57(60)63-54-55(53-62-56(59)50-47-44-41-38-35-24-21-18-15-12-9-6-3)64-58(61)52-49-46-43-40-37-34-32-30-28-26-23-20-17-14-11-8-5-2/h8,11,17,20,25-28,32,34,40,43,55H,4-7,9-10,12-16,18-19,21-24,29-31,33,35-39,41-42,44-54H2,1-3H3/b11-8-,20-17-,27-25-,28-26-,34-32-,43-40-/t55-/m0/s1. The molecule has 0 saturated carbocycles. The highest BCUT2D eigenvalue weighted by Gasteiger charge is 2.19. The molecule has 0 radical (unpaired) electrons. The molecular formula is C58H100O6. The molecule has 1 atom stereocenters. The molecule has 0 aromatic carbocycles. The molecule has 0 aromatic heterocycles. The lowest BCUT2D eigenvalue weighted by atomic mass is 10.0. The number of esters is 3. The molecule has 0 fully saturated rings. The van der Waals surface area contributed by atoms with E-state index in [4.69, 9.17) is 14.2 Å². The Bertz CT molecular complexity index is 1210. The second-order valence-electron chi connectivity index (χ2n) is 17.8. The van der Waals surface area contributed by atoms with E-state index in [1.54, 1.807) is 0 Å². The van der Waals surface area contributed by atoms with Crippen LogP contribution in [0.2, 0.25) is 0 Å². The SMILES string of the molecule is CC/C=C\C/C=C\C/C=C\C/C=C\C/C=C\CCCC(=O)O[C@H](COC(=O)CCCCCCCCC/C=C\CCCCCCCC)COC(=O)CCCCCCCCCCCCCC. The second-order valence-corrected chi connectivity index (χ2v) is 17.8. The molecule has 0 bridgehead atoms. The van der Waals surface area contributed by atoms with Gasteiger partial charge in [-0.25, -0.2) is 0 Å². The van der Waals surface area contributed by atoms with Crippen molar-refractivity contribution in [1.82, 2.24) is 0 Å². The highest BCUT2D eigenvalue weighted by molar-refractivity contribution is 5.71. The fraction of sp³-hybridized carbons (Fsp3) is 0.741. The number of carbonyl (C=O) groups excluding carboxylic acids is 3. The van der Waals surface area contributed by atoms with Gasteiger partial charge in [0.15, 0.2) is 6.10 Å². The number of hydrogen-bond donors (Lipinski definition) is 0. The van der Waals surface area contributed by atoms with E-state index in [1.807, 2.05) is 0 Å². The number of hydrogen-bond acceptors (Lipinski definition) is 6. The van der Waals surface area contributed by atoms with Crippen LogP contribution in [0.3, 0.4) is 0 Å². The quantitative estimate of drug-likeness (QED) is 0.0262. The van der Waals surface area contributed by atoms with Crippen molar-refractivity contribution in [2.75, 3.05) is 13.2 Å². The van der Waals surface area contributed by atoms with Gasteiger partial charge in [-0.3, -0.25) is 14.4 Å². The van der Waals surface area contributed by atoms with Gasteiger partial charge in [-0.2, -0.15) is 0 Å². The van der Waals surface area contributed by atoms with E-state index in [-0.39, 0.29) is 37.5 Å². The molecule has 0 unspecified atom stereocenters. The van der Waals surface area contributed by atoms with Crippen molar-refractivity contribution in [3.8, 4) is 0 Å². The van der Waals surface area contributed by atoms with Crippen LogP contribution in [0, 0.1) is 0 Å². The predicted octanol–water partition coefficient (Wildman–Crippen LogP) is 17.8. The van der Waals surface area contributed by atoms with E-state index >= 15 is 0 Å². The molecule has 0 aliphatic heterocycles. The van der Waals surface area contributed by atoms with Gasteiger partial charge in [-0.1, -0.05) is 229 Å². The molecular weight excluding hydrogens is 793 g/mol. The van der Waals surface area contributed by atoms with Crippen LogP contribution in [0.1, 0.15) is 258 Å². The van der Waals surface area contributed by atoms with Crippen molar-refractivity contribution in [1.29, 1.82) is 0 Å². The van der Waals surface area contributed by atoms with E-state index in [9.17, 15) is 14.4 Å². The first-order valence-electron chi connectivity index (χ1n) is 26.9. The maximum atomic E-state index is 12.8. The monoisotopic (exact) mass is 893 g/mol. The van der Waals surface area contributed by atoms with Gasteiger partial charge in [0.2, 0.25) is 0 Å². The summed E-state index contributed by atoms with van der Waals surface area (Å²) < 4.78 is 16.8. The van der Waals surface area contributed by atoms with Crippen molar-refractivity contribution >= 4 is 17.9 Å². The van der Waals surface area contributed by atoms with Crippen LogP contribution in [0.25, 0.3) is 0 Å². The smallest absolute Gasteiger partial charge is 0.306 e. The van der Waals surface area contributed by atoms with Gasteiger partial charge >= 0.3 is 17.9 Å². The van der Waals surface area contributed by atoms with E-state index in [1.165, 1.54) is 135 Å². The van der Waals surface area contributed by atoms with E-state index in [2.05, 4.69) is 93.7 Å². The van der Waals surface area contributed by atoms with Crippen molar-refractivity contribution in [3.05, 3.63) is 72.9 Å². The number of allylic oxidation sites excluding steroid dienone is 12. The normalized spacial score (nSPS) is 12.6. The molecule has 0 aliphatic rings. The topological polar surface area (TPSA) is 78.9 Å². The Balaban J connectivity index is 4.46. The third kappa shape index (κ3) is 49.9. The van der Waals surface area contributed by atoms with E-state index in [0.717, 1.165) is 77.0 Å². The minimum Gasteiger partial charge on any atom is -0.462 e. The summed E-state index contributed by atoms with van der Waals surface area (Å²) in [7, 11) is 0. The van der Waals surface area contributed by atoms with Gasteiger partial charge in [-0.05, 0) is 83.5 Å². The first-order chi connectivity index (χ1) is 31.5. The number of carbonyl (C=O) groups is 3. The average molecular weight is 893 g/mol. The zero-order valence-corrected chi connectivity index (χ0v) is 42.0. The summed E-state index contributed by atoms with van der Waals surface area (Å²) in [6.45, 7) is 6.48. The summed E-state index contributed by atoms with van der Waals surface area (Å²) in [6, 6.07) is 0. The lowest BCUT2D eigenvalue weighted by molar-refractivity contribution is -0.167. The van der Waals surface area contributed by atoms with Gasteiger partial charge in [0.05, 0.1) is 0 Å². The minimum absolute atomic E-state index is 0.0974. The molecule has 0 amide bonds. The van der Waals surface area contributed by atoms with Crippen LogP contribution in [-0.2, 0) is 28.6 Å². The lowest BCUT2D eigenvalue weighted by Gasteiger charge is -2.18. The number of unbranched alkanes of at least 4 members (excludes halogenated alkanes) is 25. The third-order valence-corrected chi connectivity index (χ3v) is 11.4. The largest absolute Gasteiger partial charge is 0.462 e. The molecule has 64 heavy (non-hydrogen) atoms. The van der Waals surface area contributed by atoms with Gasteiger partial charge in [0, 0.05) is 19.3 Å². The molecule has 0 saturated heterocycles. The Labute approximate surface area is 395 Å². The first kappa shape index (κ1) is 60.9. The first-order valence-corrected chi connectivity index (χ1v) is 26.9. The summed E-state index contributed by atoms with van der Waals surface area (Å²) in [5.74, 6) is -0.956. The van der Waals surface area contributed by atoms with Crippen LogP contribution >= 0.6 is 0 Å². The summed E-state index contributed by atoms with van der Waals surface area (Å²) in [5, 5.41) is 0. The molecule has 0 N–H and O–H groups in total. The molecule has 6 heteroatoms. The maximum Gasteiger partial charge on any atom is 0.306 e. The minimum atomic E-state index is -0.804. The predicted molar refractivity (Wildman–Crippen MR) is 274 cm³/mol. The van der Waals surface area contributed by atoms with Gasteiger partial charge in [0.1, 0.15) is 13.2 Å². The van der Waals surface area contributed by atoms with Crippen LogP contribution in [0.5, 0.6) is 0 Å². The Morgan fingerprint density at radius 1 is 0.328 bits per heavy atom. The van der Waals surface area contributed by atoms with Crippen LogP contribution < -0.4 is 0 Å². The lowest BCUT2D eigenvalue weighted by Crippen LogP contribution is -2.30. The summed E-state index contributed by atoms with van der Waals surface area (Å²) >= 11 is 0. The summed E-state index contributed by atoms with van der Waals surface area (Å²) in [5.41, 5.74) is 0. The molecule has 0 heterocycles. The van der Waals surface area contributed by atoms with Crippen molar-refractivity contribution in [2.45, 2.75) is 264 Å². The maximum absolute atomic E-state index is 12.8. The molecule has 368 valence electrons. The van der Waals surface area contributed by atoms with Gasteiger partial charge in [-0.15, -0.1) is 0 Å². The number of rotatable bonds is 48. The molecule has 6 nitrogen and oxygen atoms in total. The van der Waals surface area contributed by atoms with Crippen molar-refractivity contribution in [2.24, 2.45) is 0 Å². The van der Waals surface area contributed by atoms with Gasteiger partial charge < -0.3 is 14.2 Å². The Morgan fingerprint density at radius 2 is 0.625 bits per heavy atom. The molecule has 0 rings (SSSR count). The van der Waals surface area contributed by atoms with Crippen LogP contribution in [0.15, 0.2) is 72.9 Å². The third-order valence-electron chi connectivity index (χ3n) is 11.4. The Morgan fingerprint density at radius 3 is 1.02 bits per heavy atom. The Hall–Kier alpha value is -3.15. The molecule has 0 aromatic rings. The molecule has 0 aliphatic carbocycles. The average Bonchev–Trinajstić information content (AvgIpc) is 3.29. The van der Waals surface area contributed by atoms with Crippen LogP contribution in [-0.4, -0.2) is 37.2 Å². The van der Waals surface area contributed by atoms with E-state index in [0.29, 0.717) is 19.3 Å². The van der Waals surface area contributed by atoms with Crippen LogP contribution in [0.4, 0.5) is 0 Å². The highest BCUT2D eigenvalue weighted by Crippen LogP contribution is 2.15. The summed E-state index contributed by atoms with van der Waals surface area (Å²) in [6.07, 6.45) is 66.0. The van der Waals surface area contributed by atoms with E-state index < -0.39 is 6.10 Å². The second kappa shape index (κ2) is 52.5. The fourth-order valence-corrected chi connectivity index (χ4v) is 7.41. The zero-order valence-electron chi connectivity index (χ0n) is 42.0. The Kier molecular flexibility index (Phi) is 49.9. The molecule has 0 spiro atoms. The van der Waals surface area contributed by atoms with Crippen molar-refractivity contribution in [3.63, 3.8) is 0 Å².